The Balaban J connectivity index is 1.45. The van der Waals surface area contributed by atoms with E-state index in [4.69, 9.17) is 5.73 Å². The number of benzene rings is 2. The predicted molar refractivity (Wildman–Crippen MR) is 137 cm³/mol. The Morgan fingerprint density at radius 2 is 1.77 bits per heavy atom. The van der Waals surface area contributed by atoms with Gasteiger partial charge in [0, 0.05) is 37.0 Å². The van der Waals surface area contributed by atoms with Crippen LogP contribution >= 0.6 is 0 Å². The van der Waals surface area contributed by atoms with Crippen molar-refractivity contribution in [2.75, 3.05) is 13.6 Å². The Kier molecular flexibility index (Phi) is 8.95. The van der Waals surface area contributed by atoms with Gasteiger partial charge in [0.15, 0.2) is 0 Å². The first kappa shape index (κ1) is 25.4. The second kappa shape index (κ2) is 12.3. The summed E-state index contributed by atoms with van der Waals surface area (Å²) in [4.78, 5) is 42.0. The third-order valence-electron chi connectivity index (χ3n) is 5.82. The molecule has 0 aliphatic carbocycles. The number of nitrogens with one attached hydrogen (secondary N) is 2. The highest BCUT2D eigenvalue weighted by molar-refractivity contribution is 5.97. The molecule has 3 aromatic rings. The molecule has 5 N–H and O–H groups in total. The number of hydrogen-bond acceptors (Lipinski definition) is 4. The molecule has 0 unspecified atom stereocenters. The highest BCUT2D eigenvalue weighted by atomic mass is 16.4. The number of carboxylic acid groups (broad SMARTS) is 1. The number of amides is 1. The standard InChI is InChI=1S/C27H30N4O4/c1-29-25(28)21-7-4-5-18(15-21)16-22(27(34)35)6-2-3-14-30-26(33)20-10-8-19(9-11-20)23-12-13-24(32)31-17-23/h4-5,7-13,15,17,22H,2-3,6,14,16H2,1H3,(H2,28,29)(H,30,33)(H,31,32)(H,34,35)/t22-/m0/s1. The van der Waals surface area contributed by atoms with Gasteiger partial charge in [-0.3, -0.25) is 19.4 Å². The van der Waals surface area contributed by atoms with E-state index in [2.05, 4.69) is 15.3 Å². The van der Waals surface area contributed by atoms with Crippen LogP contribution in [0.1, 0.15) is 40.7 Å². The fourth-order valence-electron chi connectivity index (χ4n) is 3.81. The molecule has 35 heavy (non-hydrogen) atoms. The lowest BCUT2D eigenvalue weighted by atomic mass is 9.93. The number of aromatic nitrogens is 1. The van der Waals surface area contributed by atoms with E-state index < -0.39 is 11.9 Å². The zero-order chi connectivity index (χ0) is 25.2. The maximum absolute atomic E-state index is 12.4. The van der Waals surface area contributed by atoms with Crippen molar-refractivity contribution < 1.29 is 14.7 Å². The van der Waals surface area contributed by atoms with Crippen molar-refractivity contribution in [1.82, 2.24) is 10.3 Å². The number of H-pyrrole nitrogens is 1. The fraction of sp³-hybridized carbons (Fsp3) is 0.259. The van der Waals surface area contributed by atoms with Crippen molar-refractivity contribution in [2.24, 2.45) is 16.6 Å². The first-order valence-electron chi connectivity index (χ1n) is 11.5. The lowest BCUT2D eigenvalue weighted by molar-refractivity contribution is -0.142. The molecule has 0 fully saturated rings. The molecule has 0 saturated carbocycles. The summed E-state index contributed by atoms with van der Waals surface area (Å²) in [5, 5.41) is 12.5. The van der Waals surface area contributed by atoms with Gasteiger partial charge in [0.25, 0.3) is 5.91 Å². The van der Waals surface area contributed by atoms with E-state index in [1.165, 1.54) is 6.07 Å². The zero-order valence-electron chi connectivity index (χ0n) is 19.7. The SMILES string of the molecule is CN=C(N)c1cccc(C[C@H](CCCCNC(=O)c2ccc(-c3ccc(=O)[nH]c3)cc2)C(=O)O)c1. The third kappa shape index (κ3) is 7.40. The van der Waals surface area contributed by atoms with Crippen LogP contribution in [-0.4, -0.2) is 41.4 Å². The normalized spacial score (nSPS) is 12.2. The Labute approximate surface area is 203 Å². The minimum Gasteiger partial charge on any atom is -0.481 e. The lowest BCUT2D eigenvalue weighted by Crippen LogP contribution is -2.24. The molecule has 3 rings (SSSR count). The molecule has 0 radical (unpaired) electrons. The van der Waals surface area contributed by atoms with Gasteiger partial charge < -0.3 is 21.1 Å². The molecule has 0 spiro atoms. The number of amidine groups is 1. The number of aromatic amines is 1. The van der Waals surface area contributed by atoms with Crippen LogP contribution in [0.4, 0.5) is 0 Å². The Morgan fingerprint density at radius 1 is 1.03 bits per heavy atom. The van der Waals surface area contributed by atoms with E-state index in [0.717, 1.165) is 22.3 Å². The average Bonchev–Trinajstić information content (AvgIpc) is 2.87. The van der Waals surface area contributed by atoms with Gasteiger partial charge in [-0.25, -0.2) is 0 Å². The largest absolute Gasteiger partial charge is 0.481 e. The number of unbranched alkanes of at least 4 members (excludes halogenated alkanes) is 1. The van der Waals surface area contributed by atoms with Crippen LogP contribution in [0.15, 0.2) is 76.6 Å². The number of aliphatic imine (C=N–C) groups is 1. The number of carboxylic acids is 1. The number of aliphatic carboxylic acids is 1. The number of carbonyl (C=O) groups is 2. The Bertz CT molecular complexity index is 1230. The molecular formula is C27H30N4O4. The molecule has 0 aliphatic rings. The minimum absolute atomic E-state index is 0.166. The maximum Gasteiger partial charge on any atom is 0.306 e. The second-order valence-corrected chi connectivity index (χ2v) is 8.32. The maximum atomic E-state index is 12.4. The van der Waals surface area contributed by atoms with Gasteiger partial charge in [0.1, 0.15) is 5.84 Å². The van der Waals surface area contributed by atoms with Gasteiger partial charge in [-0.1, -0.05) is 36.8 Å². The summed E-state index contributed by atoms with van der Waals surface area (Å²) >= 11 is 0. The number of pyridine rings is 1. The summed E-state index contributed by atoms with van der Waals surface area (Å²) in [5.41, 5.74) is 9.67. The highest BCUT2D eigenvalue weighted by Crippen LogP contribution is 2.19. The number of hydrogen-bond donors (Lipinski definition) is 4. The summed E-state index contributed by atoms with van der Waals surface area (Å²) in [6.07, 6.45) is 3.92. The molecule has 0 aliphatic heterocycles. The number of nitrogens with two attached hydrogens (primary N) is 1. The van der Waals surface area contributed by atoms with E-state index in [1.54, 1.807) is 31.4 Å². The molecule has 8 heteroatoms. The smallest absolute Gasteiger partial charge is 0.306 e. The minimum atomic E-state index is -0.834. The fourth-order valence-corrected chi connectivity index (χ4v) is 3.81. The van der Waals surface area contributed by atoms with E-state index in [1.807, 2.05) is 36.4 Å². The van der Waals surface area contributed by atoms with E-state index in [0.29, 0.717) is 43.6 Å². The van der Waals surface area contributed by atoms with Gasteiger partial charge in [0.05, 0.1) is 5.92 Å². The number of carbonyl (C=O) groups excluding carboxylic acids is 1. The molecule has 182 valence electrons. The number of rotatable bonds is 11. The molecule has 2 aromatic carbocycles. The molecule has 1 atom stereocenters. The summed E-state index contributed by atoms with van der Waals surface area (Å²) in [6, 6.07) is 17.8. The predicted octanol–water partition coefficient (Wildman–Crippen LogP) is 3.22. The topological polar surface area (TPSA) is 138 Å². The quantitative estimate of drug-likeness (QED) is 0.192. The Morgan fingerprint density at radius 3 is 2.43 bits per heavy atom. The summed E-state index contributed by atoms with van der Waals surface area (Å²) in [5.74, 6) is -1.11. The first-order valence-corrected chi connectivity index (χ1v) is 11.5. The van der Waals surface area contributed by atoms with Crippen molar-refractivity contribution in [2.45, 2.75) is 25.7 Å². The van der Waals surface area contributed by atoms with Crippen molar-refractivity contribution >= 4 is 17.7 Å². The van der Waals surface area contributed by atoms with Gasteiger partial charge >= 0.3 is 5.97 Å². The van der Waals surface area contributed by atoms with Crippen molar-refractivity contribution in [1.29, 1.82) is 0 Å². The van der Waals surface area contributed by atoms with E-state index >= 15 is 0 Å². The van der Waals surface area contributed by atoms with Gasteiger partial charge in [-0.2, -0.15) is 0 Å². The van der Waals surface area contributed by atoms with Crippen LogP contribution in [0.5, 0.6) is 0 Å². The van der Waals surface area contributed by atoms with Crippen LogP contribution in [0.3, 0.4) is 0 Å². The number of nitrogens with zero attached hydrogens (tertiary/aromatic N) is 1. The van der Waals surface area contributed by atoms with Crippen LogP contribution in [0.25, 0.3) is 11.1 Å². The lowest BCUT2D eigenvalue weighted by Gasteiger charge is -2.13. The van der Waals surface area contributed by atoms with Crippen molar-refractivity contribution in [3.8, 4) is 11.1 Å². The van der Waals surface area contributed by atoms with Gasteiger partial charge in [-0.15, -0.1) is 0 Å². The summed E-state index contributed by atoms with van der Waals surface area (Å²) in [6.45, 7) is 0.464. The summed E-state index contributed by atoms with van der Waals surface area (Å²) < 4.78 is 0. The van der Waals surface area contributed by atoms with E-state index in [9.17, 15) is 19.5 Å². The van der Waals surface area contributed by atoms with Crippen LogP contribution in [-0.2, 0) is 11.2 Å². The zero-order valence-corrected chi connectivity index (χ0v) is 19.7. The molecule has 0 saturated heterocycles. The van der Waals surface area contributed by atoms with Crippen LogP contribution < -0.4 is 16.6 Å². The molecule has 0 bridgehead atoms. The first-order chi connectivity index (χ1) is 16.9. The highest BCUT2D eigenvalue weighted by Gasteiger charge is 2.18. The second-order valence-electron chi connectivity index (χ2n) is 8.32. The van der Waals surface area contributed by atoms with Crippen LogP contribution in [0, 0.1) is 5.92 Å². The molecule has 1 heterocycles. The Hall–Kier alpha value is -4.20. The van der Waals surface area contributed by atoms with Crippen LogP contribution in [0.2, 0.25) is 0 Å². The van der Waals surface area contributed by atoms with Crippen molar-refractivity contribution in [3.63, 3.8) is 0 Å². The van der Waals surface area contributed by atoms with Crippen molar-refractivity contribution in [3.05, 3.63) is 93.9 Å². The summed E-state index contributed by atoms with van der Waals surface area (Å²) in [7, 11) is 1.62. The third-order valence-corrected chi connectivity index (χ3v) is 5.82. The molecule has 8 nitrogen and oxygen atoms in total. The monoisotopic (exact) mass is 474 g/mol. The van der Waals surface area contributed by atoms with Gasteiger partial charge in [-0.05, 0) is 60.2 Å². The molecular weight excluding hydrogens is 444 g/mol. The molecule has 1 amide bonds. The van der Waals surface area contributed by atoms with Gasteiger partial charge in [0.2, 0.25) is 5.56 Å². The molecule has 1 aromatic heterocycles. The average molecular weight is 475 g/mol. The van der Waals surface area contributed by atoms with E-state index in [-0.39, 0.29) is 11.5 Å².